The maximum absolute atomic E-state index is 4.50. The maximum atomic E-state index is 4.50. The van der Waals surface area contributed by atoms with Crippen molar-refractivity contribution in [2.75, 3.05) is 0 Å². The molecule has 2 saturated carbocycles. The van der Waals surface area contributed by atoms with Crippen molar-refractivity contribution < 1.29 is 0 Å². The summed E-state index contributed by atoms with van der Waals surface area (Å²) in [5.41, 5.74) is 1.25. The third-order valence-corrected chi connectivity index (χ3v) is 3.55. The summed E-state index contributed by atoms with van der Waals surface area (Å²) in [6.45, 7) is 0.963. The van der Waals surface area contributed by atoms with Gasteiger partial charge in [0.2, 0.25) is 0 Å². The fraction of sp³-hybridized carbons (Fsp3) is 0.750. The van der Waals surface area contributed by atoms with E-state index in [1.165, 1.54) is 50.0 Å². The fourth-order valence-corrected chi connectivity index (χ4v) is 2.41. The second-order valence-electron chi connectivity index (χ2n) is 4.93. The summed E-state index contributed by atoms with van der Waals surface area (Å²) in [7, 11) is 0. The SMILES string of the molecule is c1nc(C2CCCC2)[nH]c1CNC1CC1. The number of aromatic nitrogens is 2. The highest BCUT2D eigenvalue weighted by molar-refractivity contribution is 5.07. The molecule has 2 fully saturated rings. The molecule has 1 aromatic heterocycles. The second kappa shape index (κ2) is 3.97. The van der Waals surface area contributed by atoms with Gasteiger partial charge in [-0.2, -0.15) is 0 Å². The molecule has 0 aromatic carbocycles. The molecule has 0 spiro atoms. The standard InChI is InChI=1S/C12H19N3/c1-2-4-9(3-1)12-14-8-11(15-12)7-13-10-5-6-10/h8-10,13H,1-7H2,(H,14,15). The minimum Gasteiger partial charge on any atom is -0.345 e. The van der Waals surface area contributed by atoms with Gasteiger partial charge in [-0.05, 0) is 25.7 Å². The Morgan fingerprint density at radius 3 is 2.80 bits per heavy atom. The monoisotopic (exact) mass is 205 g/mol. The number of H-pyrrole nitrogens is 1. The lowest BCUT2D eigenvalue weighted by atomic mass is 10.1. The molecule has 0 unspecified atom stereocenters. The zero-order valence-corrected chi connectivity index (χ0v) is 9.13. The summed E-state index contributed by atoms with van der Waals surface area (Å²) in [6.07, 6.45) is 10.1. The van der Waals surface area contributed by atoms with Crippen LogP contribution >= 0.6 is 0 Å². The number of rotatable bonds is 4. The quantitative estimate of drug-likeness (QED) is 0.792. The Bertz CT molecular complexity index is 321. The van der Waals surface area contributed by atoms with Crippen LogP contribution in [0.4, 0.5) is 0 Å². The van der Waals surface area contributed by atoms with Crippen LogP contribution in [0.15, 0.2) is 6.20 Å². The van der Waals surface area contributed by atoms with Gasteiger partial charge in [0.25, 0.3) is 0 Å². The van der Waals surface area contributed by atoms with Crippen LogP contribution in [0.25, 0.3) is 0 Å². The van der Waals surface area contributed by atoms with Crippen LogP contribution in [0.2, 0.25) is 0 Å². The molecule has 2 aliphatic carbocycles. The van der Waals surface area contributed by atoms with Crippen molar-refractivity contribution in [3.05, 3.63) is 17.7 Å². The van der Waals surface area contributed by atoms with Gasteiger partial charge in [-0.15, -0.1) is 0 Å². The first kappa shape index (κ1) is 9.40. The highest BCUT2D eigenvalue weighted by Gasteiger charge is 2.22. The predicted molar refractivity (Wildman–Crippen MR) is 59.7 cm³/mol. The van der Waals surface area contributed by atoms with Gasteiger partial charge in [0.05, 0.1) is 0 Å². The molecular weight excluding hydrogens is 186 g/mol. The van der Waals surface area contributed by atoms with E-state index in [4.69, 9.17) is 0 Å². The number of aromatic amines is 1. The highest BCUT2D eigenvalue weighted by atomic mass is 15.0. The van der Waals surface area contributed by atoms with Crippen molar-refractivity contribution in [3.63, 3.8) is 0 Å². The Kier molecular flexibility index (Phi) is 2.49. The van der Waals surface area contributed by atoms with Crippen LogP contribution in [0, 0.1) is 0 Å². The number of imidazole rings is 1. The molecule has 3 nitrogen and oxygen atoms in total. The summed E-state index contributed by atoms with van der Waals surface area (Å²) in [6, 6.07) is 0.781. The third-order valence-electron chi connectivity index (χ3n) is 3.55. The Morgan fingerprint density at radius 1 is 1.27 bits per heavy atom. The highest BCUT2D eigenvalue weighted by Crippen LogP contribution is 2.32. The number of hydrogen-bond donors (Lipinski definition) is 2. The summed E-state index contributed by atoms with van der Waals surface area (Å²) in [4.78, 5) is 7.97. The molecule has 0 saturated heterocycles. The number of nitrogens with one attached hydrogen (secondary N) is 2. The Morgan fingerprint density at radius 2 is 2.07 bits per heavy atom. The summed E-state index contributed by atoms with van der Waals surface area (Å²) in [5.74, 6) is 1.93. The smallest absolute Gasteiger partial charge is 0.109 e. The van der Waals surface area contributed by atoms with E-state index in [-0.39, 0.29) is 0 Å². The zero-order chi connectivity index (χ0) is 10.1. The Balaban J connectivity index is 1.59. The average Bonchev–Trinajstić information content (AvgIpc) is 2.78. The molecular formula is C12H19N3. The van der Waals surface area contributed by atoms with E-state index in [0.717, 1.165) is 12.6 Å². The topological polar surface area (TPSA) is 40.7 Å². The molecule has 0 aliphatic heterocycles. The Hall–Kier alpha value is -0.830. The predicted octanol–water partition coefficient (Wildman–Crippen LogP) is 2.32. The van der Waals surface area contributed by atoms with Crippen molar-refractivity contribution in [2.45, 2.75) is 57.0 Å². The van der Waals surface area contributed by atoms with Gasteiger partial charge >= 0.3 is 0 Å². The van der Waals surface area contributed by atoms with E-state index in [0.29, 0.717) is 5.92 Å². The molecule has 0 bridgehead atoms. The molecule has 2 N–H and O–H groups in total. The van der Waals surface area contributed by atoms with E-state index >= 15 is 0 Å². The molecule has 0 radical (unpaired) electrons. The minimum absolute atomic E-state index is 0.708. The van der Waals surface area contributed by atoms with E-state index in [1.807, 2.05) is 6.20 Å². The van der Waals surface area contributed by atoms with Crippen LogP contribution in [0.3, 0.4) is 0 Å². The first-order valence-corrected chi connectivity index (χ1v) is 6.19. The lowest BCUT2D eigenvalue weighted by molar-refractivity contribution is 0.657. The molecule has 15 heavy (non-hydrogen) atoms. The van der Waals surface area contributed by atoms with Crippen LogP contribution in [-0.2, 0) is 6.54 Å². The summed E-state index contributed by atoms with van der Waals surface area (Å²) >= 11 is 0. The van der Waals surface area contributed by atoms with Gasteiger partial charge in [-0.1, -0.05) is 12.8 Å². The van der Waals surface area contributed by atoms with Crippen molar-refractivity contribution >= 4 is 0 Å². The lowest BCUT2D eigenvalue weighted by Gasteiger charge is -2.04. The molecule has 0 amide bonds. The van der Waals surface area contributed by atoms with E-state index < -0.39 is 0 Å². The van der Waals surface area contributed by atoms with Crippen LogP contribution < -0.4 is 5.32 Å². The van der Waals surface area contributed by atoms with Gasteiger partial charge in [0, 0.05) is 30.4 Å². The van der Waals surface area contributed by atoms with Gasteiger partial charge in [0.15, 0.2) is 0 Å². The van der Waals surface area contributed by atoms with Crippen molar-refractivity contribution in [2.24, 2.45) is 0 Å². The van der Waals surface area contributed by atoms with Crippen molar-refractivity contribution in [1.82, 2.24) is 15.3 Å². The molecule has 1 heterocycles. The lowest BCUT2D eigenvalue weighted by Crippen LogP contribution is -2.15. The van der Waals surface area contributed by atoms with Crippen molar-refractivity contribution in [3.8, 4) is 0 Å². The van der Waals surface area contributed by atoms with Gasteiger partial charge < -0.3 is 10.3 Å². The average molecular weight is 205 g/mol. The molecule has 1 aromatic rings. The second-order valence-corrected chi connectivity index (χ2v) is 4.93. The molecule has 2 aliphatic rings. The minimum atomic E-state index is 0.708. The van der Waals surface area contributed by atoms with Crippen LogP contribution in [-0.4, -0.2) is 16.0 Å². The molecule has 82 valence electrons. The largest absolute Gasteiger partial charge is 0.345 e. The molecule has 0 atom stereocenters. The van der Waals surface area contributed by atoms with E-state index in [2.05, 4.69) is 15.3 Å². The van der Waals surface area contributed by atoms with Gasteiger partial charge in [0.1, 0.15) is 5.82 Å². The first-order chi connectivity index (χ1) is 7.42. The molecule has 3 rings (SSSR count). The van der Waals surface area contributed by atoms with E-state index in [9.17, 15) is 0 Å². The van der Waals surface area contributed by atoms with Gasteiger partial charge in [-0.25, -0.2) is 4.98 Å². The maximum Gasteiger partial charge on any atom is 0.109 e. The summed E-state index contributed by atoms with van der Waals surface area (Å²) in [5, 5.41) is 3.51. The summed E-state index contributed by atoms with van der Waals surface area (Å²) < 4.78 is 0. The van der Waals surface area contributed by atoms with E-state index in [1.54, 1.807) is 0 Å². The van der Waals surface area contributed by atoms with Gasteiger partial charge in [-0.3, -0.25) is 0 Å². The number of nitrogens with zero attached hydrogens (tertiary/aromatic N) is 1. The molecule has 3 heteroatoms. The zero-order valence-electron chi connectivity index (χ0n) is 9.13. The number of hydrogen-bond acceptors (Lipinski definition) is 2. The first-order valence-electron chi connectivity index (χ1n) is 6.19. The van der Waals surface area contributed by atoms with Crippen molar-refractivity contribution in [1.29, 1.82) is 0 Å². The van der Waals surface area contributed by atoms with Crippen LogP contribution in [0.1, 0.15) is 56.0 Å². The third kappa shape index (κ3) is 2.23. The van der Waals surface area contributed by atoms with Crippen LogP contribution in [0.5, 0.6) is 0 Å². The fourth-order valence-electron chi connectivity index (χ4n) is 2.41. The normalized spacial score (nSPS) is 22.4. The Labute approximate surface area is 90.7 Å².